The highest BCUT2D eigenvalue weighted by atomic mass is 31.2. The van der Waals surface area contributed by atoms with Crippen molar-refractivity contribution in [2.75, 3.05) is 39.6 Å². The van der Waals surface area contributed by atoms with E-state index in [1.54, 1.807) is 0 Å². The second-order valence-corrected chi connectivity index (χ2v) is 29.5. The number of unbranched alkanes of at least 4 members (excludes halogenated alkanes) is 38. The standard InChI is InChI=1S/C77H142O17P2/c1-6-10-13-16-19-22-25-28-30-32-35-41-46-51-56-61-75(80)88-66-72(93-76(81)62-57-52-47-42-36-33-31-29-26-23-20-17-14-11-7-2)68-91-95(83,84)89-64-71(78)65-90-96(85,86)92-69-73(67-87-74(79)60-55-50-45-40-34-27-24-21-18-15-12-8-3)94-77(82)63-58-53-48-43-38-37-39-44-49-54-59-70(5)9-4/h22-23,25-26,28-31,70-73,78H,6-21,24,27,32-69H2,1-5H3,(H,83,84)(H,85,86)/b25-22-,26-23-,30-28-,31-29-/t70?,71-,72-,73-/m1/s1. The lowest BCUT2D eigenvalue weighted by Crippen LogP contribution is -2.30. The van der Waals surface area contributed by atoms with Gasteiger partial charge in [-0.2, -0.15) is 0 Å². The molecule has 0 amide bonds. The Morgan fingerprint density at radius 3 is 0.885 bits per heavy atom. The highest BCUT2D eigenvalue weighted by Crippen LogP contribution is 2.45. The molecule has 6 atom stereocenters. The van der Waals surface area contributed by atoms with E-state index in [1.165, 1.54) is 148 Å². The Bertz CT molecular complexity index is 2030. The van der Waals surface area contributed by atoms with E-state index in [9.17, 15) is 43.2 Å². The average molecular weight is 1400 g/mol. The van der Waals surface area contributed by atoms with E-state index in [2.05, 4.69) is 83.2 Å². The zero-order chi connectivity index (χ0) is 70.5. The maximum Gasteiger partial charge on any atom is 0.472 e. The Morgan fingerprint density at radius 1 is 0.333 bits per heavy atom. The van der Waals surface area contributed by atoms with Gasteiger partial charge in [0.15, 0.2) is 12.2 Å². The zero-order valence-corrected chi connectivity index (χ0v) is 63.3. The van der Waals surface area contributed by atoms with E-state index in [1.807, 2.05) is 0 Å². The fourth-order valence-corrected chi connectivity index (χ4v) is 12.3. The maximum atomic E-state index is 13.1. The Hall–Kier alpha value is -2.98. The second kappa shape index (κ2) is 69.1. The number of allylic oxidation sites excluding steroid dienone is 8. The molecule has 562 valence electrons. The molecule has 0 aromatic carbocycles. The Kier molecular flexibility index (Phi) is 67.0. The lowest BCUT2D eigenvalue weighted by molar-refractivity contribution is -0.161. The van der Waals surface area contributed by atoms with Crippen LogP contribution in [0.4, 0.5) is 0 Å². The number of phosphoric acid groups is 2. The third-order valence-corrected chi connectivity index (χ3v) is 19.0. The van der Waals surface area contributed by atoms with Crippen molar-refractivity contribution in [1.82, 2.24) is 0 Å². The highest BCUT2D eigenvalue weighted by Gasteiger charge is 2.30. The van der Waals surface area contributed by atoms with Crippen LogP contribution in [0.25, 0.3) is 0 Å². The number of hydrogen-bond acceptors (Lipinski definition) is 15. The second-order valence-electron chi connectivity index (χ2n) is 26.6. The SMILES string of the molecule is CCCCCC/C=C\C=C/CCCCCCCC(=O)OC[C@H](COP(=O)(O)OC[C@@H](O)COP(=O)(O)OC[C@@H](COC(=O)CCCCCCCCCCCCCC)OC(=O)CCCCCCCCCCCCC(C)CC)OC(=O)CCCCCCC/C=C\C=C/CCCCCC. The van der Waals surface area contributed by atoms with Gasteiger partial charge in [0.25, 0.3) is 0 Å². The van der Waals surface area contributed by atoms with Crippen molar-refractivity contribution < 1.29 is 80.2 Å². The number of esters is 4. The van der Waals surface area contributed by atoms with Gasteiger partial charge in [0.2, 0.25) is 0 Å². The molecule has 0 saturated carbocycles. The first-order chi connectivity index (χ1) is 46.6. The molecular weight excluding hydrogens is 1260 g/mol. The molecule has 0 spiro atoms. The van der Waals surface area contributed by atoms with Gasteiger partial charge in [0.1, 0.15) is 19.3 Å². The van der Waals surface area contributed by atoms with Crippen LogP contribution in [0.3, 0.4) is 0 Å². The molecule has 0 bridgehead atoms. The van der Waals surface area contributed by atoms with E-state index in [0.29, 0.717) is 25.7 Å². The zero-order valence-electron chi connectivity index (χ0n) is 61.5. The normalized spacial score (nSPS) is 14.5. The molecule has 3 unspecified atom stereocenters. The van der Waals surface area contributed by atoms with Crippen molar-refractivity contribution in [3.05, 3.63) is 48.6 Å². The minimum atomic E-state index is -4.97. The fourth-order valence-electron chi connectivity index (χ4n) is 10.8. The minimum absolute atomic E-state index is 0.0783. The van der Waals surface area contributed by atoms with Gasteiger partial charge in [-0.3, -0.25) is 37.3 Å². The molecule has 0 aliphatic carbocycles. The number of carbonyl (C=O) groups is 4. The van der Waals surface area contributed by atoms with E-state index >= 15 is 0 Å². The van der Waals surface area contributed by atoms with Gasteiger partial charge in [-0.1, -0.05) is 302 Å². The molecule has 0 aliphatic rings. The summed E-state index contributed by atoms with van der Waals surface area (Å²) in [6.45, 7) is 7.19. The number of ether oxygens (including phenoxy) is 4. The van der Waals surface area contributed by atoms with Crippen molar-refractivity contribution in [2.24, 2.45) is 5.92 Å². The molecule has 0 radical (unpaired) electrons. The molecule has 0 aromatic heterocycles. The predicted octanol–water partition coefficient (Wildman–Crippen LogP) is 22.0. The van der Waals surface area contributed by atoms with Gasteiger partial charge in [0, 0.05) is 25.7 Å². The molecule has 19 heteroatoms. The largest absolute Gasteiger partial charge is 0.472 e. The van der Waals surface area contributed by atoms with Gasteiger partial charge in [-0.15, -0.1) is 0 Å². The first kappa shape index (κ1) is 93.0. The molecule has 0 aromatic rings. The van der Waals surface area contributed by atoms with Crippen LogP contribution < -0.4 is 0 Å². The third-order valence-electron chi connectivity index (χ3n) is 17.1. The van der Waals surface area contributed by atoms with Gasteiger partial charge in [-0.25, -0.2) is 9.13 Å². The quantitative estimate of drug-likeness (QED) is 0.0169. The monoisotopic (exact) mass is 1400 g/mol. The number of carbonyl (C=O) groups excluding carboxylic acids is 4. The van der Waals surface area contributed by atoms with Crippen molar-refractivity contribution in [3.63, 3.8) is 0 Å². The molecule has 3 N–H and O–H groups in total. The topological polar surface area (TPSA) is 237 Å². The number of rotatable bonds is 73. The average Bonchev–Trinajstić information content (AvgIpc) is 1.58. The van der Waals surface area contributed by atoms with Crippen molar-refractivity contribution >= 4 is 39.5 Å². The van der Waals surface area contributed by atoms with Crippen LogP contribution in [0.2, 0.25) is 0 Å². The van der Waals surface area contributed by atoms with Crippen molar-refractivity contribution in [1.29, 1.82) is 0 Å². The van der Waals surface area contributed by atoms with E-state index in [0.717, 1.165) is 128 Å². The Morgan fingerprint density at radius 2 is 0.583 bits per heavy atom. The van der Waals surface area contributed by atoms with Crippen LogP contribution in [0.1, 0.15) is 356 Å². The Labute approximate surface area is 585 Å². The number of aliphatic hydroxyl groups is 1. The van der Waals surface area contributed by atoms with E-state index in [-0.39, 0.29) is 25.7 Å². The van der Waals surface area contributed by atoms with E-state index < -0.39 is 97.5 Å². The lowest BCUT2D eigenvalue weighted by Gasteiger charge is -2.21. The van der Waals surface area contributed by atoms with E-state index in [4.69, 9.17) is 37.0 Å². The number of aliphatic hydroxyl groups excluding tert-OH is 1. The highest BCUT2D eigenvalue weighted by molar-refractivity contribution is 7.47. The first-order valence-corrected chi connectivity index (χ1v) is 41.8. The summed E-state index contributed by atoms with van der Waals surface area (Å²) in [5.41, 5.74) is 0. The summed E-state index contributed by atoms with van der Waals surface area (Å²) in [5, 5.41) is 10.6. The summed E-state index contributed by atoms with van der Waals surface area (Å²) >= 11 is 0. The third kappa shape index (κ3) is 68.2. The summed E-state index contributed by atoms with van der Waals surface area (Å²) < 4.78 is 68.5. The van der Waals surface area contributed by atoms with Crippen LogP contribution in [0, 0.1) is 5.92 Å². The molecule has 0 saturated heterocycles. The van der Waals surface area contributed by atoms with Gasteiger partial charge < -0.3 is 33.8 Å². The van der Waals surface area contributed by atoms with Gasteiger partial charge >= 0.3 is 39.5 Å². The fraction of sp³-hybridized carbons (Fsp3) is 0.844. The molecule has 96 heavy (non-hydrogen) atoms. The molecule has 0 rings (SSSR count). The maximum absolute atomic E-state index is 13.1. The van der Waals surface area contributed by atoms with Crippen LogP contribution in [0.5, 0.6) is 0 Å². The smallest absolute Gasteiger partial charge is 0.462 e. The van der Waals surface area contributed by atoms with Crippen molar-refractivity contribution in [2.45, 2.75) is 374 Å². The predicted molar refractivity (Wildman–Crippen MR) is 390 cm³/mol. The van der Waals surface area contributed by atoms with Gasteiger partial charge in [0.05, 0.1) is 26.4 Å². The molecule has 0 heterocycles. The summed E-state index contributed by atoms with van der Waals surface area (Å²) in [6.07, 6.45) is 63.8. The Balaban J connectivity index is 5.34. The molecule has 17 nitrogen and oxygen atoms in total. The van der Waals surface area contributed by atoms with Crippen LogP contribution in [-0.2, 0) is 65.4 Å². The first-order valence-electron chi connectivity index (χ1n) is 38.8. The van der Waals surface area contributed by atoms with Gasteiger partial charge in [-0.05, 0) is 83.0 Å². The van der Waals surface area contributed by atoms with Crippen LogP contribution in [0.15, 0.2) is 48.6 Å². The minimum Gasteiger partial charge on any atom is -0.462 e. The summed E-state index contributed by atoms with van der Waals surface area (Å²) in [6, 6.07) is 0. The molecular formula is C77H142O17P2. The number of phosphoric ester groups is 2. The molecule has 0 fully saturated rings. The summed E-state index contributed by atoms with van der Waals surface area (Å²) in [7, 11) is -9.94. The summed E-state index contributed by atoms with van der Waals surface area (Å²) in [5.74, 6) is -1.37. The van der Waals surface area contributed by atoms with Crippen LogP contribution in [-0.4, -0.2) is 96.7 Å². The lowest BCUT2D eigenvalue weighted by atomic mass is 9.99. The number of hydrogen-bond donors (Lipinski definition) is 3. The summed E-state index contributed by atoms with van der Waals surface area (Å²) in [4.78, 5) is 72.8. The molecule has 0 aliphatic heterocycles. The van der Waals surface area contributed by atoms with Crippen molar-refractivity contribution in [3.8, 4) is 0 Å². The van der Waals surface area contributed by atoms with Crippen LogP contribution >= 0.6 is 15.6 Å².